The van der Waals surface area contributed by atoms with Crippen molar-refractivity contribution >= 4 is 33.3 Å². The number of carbonyl (C=O) groups is 1. The van der Waals surface area contributed by atoms with Crippen LogP contribution in [-0.2, 0) is 0 Å². The van der Waals surface area contributed by atoms with Crippen molar-refractivity contribution in [3.63, 3.8) is 0 Å². The second-order valence-electron chi connectivity index (χ2n) is 4.60. The van der Waals surface area contributed by atoms with E-state index >= 15 is 0 Å². The highest BCUT2D eigenvalue weighted by atomic mass is 16.4. The van der Waals surface area contributed by atoms with E-state index in [0.717, 1.165) is 27.3 Å². The third-order valence-corrected chi connectivity index (χ3v) is 3.50. The van der Waals surface area contributed by atoms with Gasteiger partial charge in [0.05, 0.1) is 11.1 Å². The first-order chi connectivity index (χ1) is 9.24. The van der Waals surface area contributed by atoms with Crippen molar-refractivity contribution in [2.24, 2.45) is 0 Å². The lowest BCUT2D eigenvalue weighted by atomic mass is 10.1. The summed E-state index contributed by atoms with van der Waals surface area (Å²) in [6, 6.07) is 11.3. The van der Waals surface area contributed by atoms with E-state index in [0.29, 0.717) is 5.56 Å². The number of hydrogen-bond acceptors (Lipinski definition) is 1. The van der Waals surface area contributed by atoms with E-state index in [-0.39, 0.29) is 0 Å². The van der Waals surface area contributed by atoms with Crippen LogP contribution in [-0.4, -0.2) is 20.5 Å². The van der Waals surface area contributed by atoms with Crippen molar-refractivity contribution in [2.45, 2.75) is 0 Å². The summed E-state index contributed by atoms with van der Waals surface area (Å²) >= 11 is 0. The van der Waals surface area contributed by atoms with Gasteiger partial charge >= 0.3 is 5.97 Å². The van der Waals surface area contributed by atoms with Gasteiger partial charge in [0.25, 0.3) is 0 Å². The summed E-state index contributed by atoms with van der Waals surface area (Å²) in [5.41, 5.74) is 3.17. The molecule has 0 fully saturated rings. The van der Waals surface area contributed by atoms with Crippen molar-refractivity contribution < 1.29 is 9.90 Å². The van der Waals surface area contributed by atoms with Crippen LogP contribution in [0.5, 0.6) is 0 Å². The van der Waals surface area contributed by atoms with Crippen LogP contribution < -0.4 is 0 Å². The smallest absolute Gasteiger partial charge is 0.336 e. The first kappa shape index (κ1) is 10.2. The summed E-state index contributed by atoms with van der Waals surface area (Å²) in [7, 11) is 0. The zero-order valence-corrected chi connectivity index (χ0v) is 9.92. The SMILES string of the molecule is O=C(O)c1cccc2[nH]c3cn4cccc4cc3c12. The van der Waals surface area contributed by atoms with E-state index in [1.807, 2.05) is 41.1 Å². The Morgan fingerprint density at radius 1 is 1.16 bits per heavy atom. The van der Waals surface area contributed by atoms with Gasteiger partial charge in [0.15, 0.2) is 0 Å². The molecule has 4 aromatic rings. The number of pyridine rings is 1. The molecule has 0 bridgehead atoms. The third kappa shape index (κ3) is 1.31. The molecule has 92 valence electrons. The molecule has 2 N–H and O–H groups in total. The van der Waals surface area contributed by atoms with Gasteiger partial charge in [-0.05, 0) is 30.3 Å². The van der Waals surface area contributed by atoms with Gasteiger partial charge in [0, 0.05) is 34.2 Å². The zero-order valence-electron chi connectivity index (χ0n) is 9.92. The third-order valence-electron chi connectivity index (χ3n) is 3.50. The minimum Gasteiger partial charge on any atom is -0.478 e. The predicted octanol–water partition coefficient (Wildman–Crippen LogP) is 3.27. The molecular formula is C15H10N2O2. The van der Waals surface area contributed by atoms with Gasteiger partial charge in [0.2, 0.25) is 0 Å². The van der Waals surface area contributed by atoms with Crippen LogP contribution in [0, 0.1) is 0 Å². The second kappa shape index (κ2) is 3.38. The van der Waals surface area contributed by atoms with Crippen molar-refractivity contribution in [1.82, 2.24) is 9.38 Å². The minimum atomic E-state index is -0.901. The molecule has 1 aromatic carbocycles. The van der Waals surface area contributed by atoms with Crippen LogP contribution in [0.25, 0.3) is 27.3 Å². The molecule has 0 saturated carbocycles. The normalized spacial score (nSPS) is 11.6. The average Bonchev–Trinajstić information content (AvgIpc) is 2.98. The average molecular weight is 250 g/mol. The molecule has 4 rings (SSSR count). The maximum absolute atomic E-state index is 11.4. The van der Waals surface area contributed by atoms with Crippen LogP contribution in [0.4, 0.5) is 0 Å². The number of aromatic nitrogens is 2. The highest BCUT2D eigenvalue weighted by molar-refractivity contribution is 6.16. The molecule has 0 spiro atoms. The Labute approximate surface area is 107 Å². The molecular weight excluding hydrogens is 240 g/mol. The standard InChI is InChI=1S/C15H10N2O2/c18-15(19)10-4-1-5-12-14(10)11-7-9-3-2-6-17(9)8-13(11)16-12/h1-8,16H,(H,18,19). The Kier molecular flexibility index (Phi) is 1.82. The maximum Gasteiger partial charge on any atom is 0.336 e. The maximum atomic E-state index is 11.4. The Hall–Kier alpha value is -2.75. The van der Waals surface area contributed by atoms with Crippen LogP contribution in [0.2, 0.25) is 0 Å². The molecule has 19 heavy (non-hydrogen) atoms. The summed E-state index contributed by atoms with van der Waals surface area (Å²) < 4.78 is 2.01. The van der Waals surface area contributed by atoms with Gasteiger partial charge in [-0.1, -0.05) is 6.07 Å². The summed E-state index contributed by atoms with van der Waals surface area (Å²) in [5.74, 6) is -0.901. The minimum absolute atomic E-state index is 0.333. The van der Waals surface area contributed by atoms with Crippen LogP contribution in [0.1, 0.15) is 10.4 Å². The fraction of sp³-hybridized carbons (Fsp3) is 0. The summed E-state index contributed by atoms with van der Waals surface area (Å²) in [5, 5.41) is 11.0. The van der Waals surface area contributed by atoms with E-state index in [1.165, 1.54) is 0 Å². The second-order valence-corrected chi connectivity index (χ2v) is 4.60. The first-order valence-electron chi connectivity index (χ1n) is 5.98. The molecule has 0 atom stereocenters. The predicted molar refractivity (Wildman–Crippen MR) is 73.7 cm³/mol. The number of fused-ring (bicyclic) bond motifs is 4. The quantitative estimate of drug-likeness (QED) is 0.544. The van der Waals surface area contributed by atoms with Gasteiger partial charge < -0.3 is 14.5 Å². The molecule has 4 heteroatoms. The Morgan fingerprint density at radius 2 is 2.05 bits per heavy atom. The van der Waals surface area contributed by atoms with E-state index in [4.69, 9.17) is 0 Å². The van der Waals surface area contributed by atoms with Gasteiger partial charge in [-0.3, -0.25) is 0 Å². The number of carboxylic acid groups (broad SMARTS) is 1. The largest absolute Gasteiger partial charge is 0.478 e. The van der Waals surface area contributed by atoms with Crippen LogP contribution in [0.15, 0.2) is 48.8 Å². The molecule has 0 saturated heterocycles. The van der Waals surface area contributed by atoms with Gasteiger partial charge in [-0.25, -0.2) is 4.79 Å². The lowest BCUT2D eigenvalue weighted by Gasteiger charge is -1.99. The lowest BCUT2D eigenvalue weighted by molar-refractivity contribution is 0.0699. The van der Waals surface area contributed by atoms with Gasteiger partial charge in [0.1, 0.15) is 0 Å². The number of aromatic carboxylic acids is 1. The van der Waals surface area contributed by atoms with Crippen molar-refractivity contribution in [3.05, 3.63) is 54.4 Å². The Morgan fingerprint density at radius 3 is 2.89 bits per heavy atom. The van der Waals surface area contributed by atoms with Gasteiger partial charge in [-0.15, -0.1) is 0 Å². The van der Waals surface area contributed by atoms with Crippen LogP contribution >= 0.6 is 0 Å². The number of nitrogens with one attached hydrogen (secondary N) is 1. The molecule has 3 heterocycles. The summed E-state index contributed by atoms with van der Waals surface area (Å²) in [6.07, 6.45) is 3.95. The molecule has 0 unspecified atom stereocenters. The number of nitrogens with zero attached hydrogens (tertiary/aromatic N) is 1. The monoisotopic (exact) mass is 250 g/mol. The topological polar surface area (TPSA) is 57.5 Å². The number of carboxylic acids is 1. The highest BCUT2D eigenvalue weighted by Gasteiger charge is 2.13. The van der Waals surface area contributed by atoms with Crippen molar-refractivity contribution in [3.8, 4) is 0 Å². The zero-order chi connectivity index (χ0) is 13.0. The lowest BCUT2D eigenvalue weighted by Crippen LogP contribution is -1.96. The molecule has 0 aliphatic carbocycles. The summed E-state index contributed by atoms with van der Waals surface area (Å²) in [6.45, 7) is 0. The van der Waals surface area contributed by atoms with E-state index in [9.17, 15) is 9.90 Å². The fourth-order valence-electron chi connectivity index (χ4n) is 2.66. The Bertz CT molecular complexity index is 947. The molecule has 0 aliphatic rings. The molecule has 0 aliphatic heterocycles. The molecule has 4 nitrogen and oxygen atoms in total. The molecule has 0 radical (unpaired) electrons. The Balaban J connectivity index is 2.27. The fourth-order valence-corrected chi connectivity index (χ4v) is 2.66. The summed E-state index contributed by atoms with van der Waals surface area (Å²) in [4.78, 5) is 14.6. The number of aromatic amines is 1. The van der Waals surface area contributed by atoms with Crippen molar-refractivity contribution in [1.29, 1.82) is 0 Å². The molecule has 0 amide bonds. The number of benzene rings is 1. The number of hydrogen-bond donors (Lipinski definition) is 2. The number of rotatable bonds is 1. The number of H-pyrrole nitrogens is 1. The first-order valence-corrected chi connectivity index (χ1v) is 5.98. The van der Waals surface area contributed by atoms with E-state index in [1.54, 1.807) is 12.1 Å². The van der Waals surface area contributed by atoms with Crippen LogP contribution in [0.3, 0.4) is 0 Å². The van der Waals surface area contributed by atoms with E-state index in [2.05, 4.69) is 4.98 Å². The van der Waals surface area contributed by atoms with Crippen molar-refractivity contribution in [2.75, 3.05) is 0 Å². The highest BCUT2D eigenvalue weighted by Crippen LogP contribution is 2.29. The molecule has 3 aromatic heterocycles. The van der Waals surface area contributed by atoms with Gasteiger partial charge in [-0.2, -0.15) is 0 Å². The van der Waals surface area contributed by atoms with E-state index < -0.39 is 5.97 Å².